The minimum Gasteiger partial charge on any atom is -0.494 e. The Kier molecular flexibility index (Phi) is 25.4. The van der Waals surface area contributed by atoms with Gasteiger partial charge < -0.3 is 28.7 Å². The third-order valence-corrected chi connectivity index (χ3v) is 19.5. The molecule has 0 aliphatic carbocycles. The molecule has 0 saturated heterocycles. The Balaban J connectivity index is 0.912. The van der Waals surface area contributed by atoms with Gasteiger partial charge in [0.2, 0.25) is 0 Å². The van der Waals surface area contributed by atoms with Crippen LogP contribution in [-0.2, 0) is 0 Å². The molecule has 8 aromatic carbocycles. The van der Waals surface area contributed by atoms with Gasteiger partial charge in [0.15, 0.2) is 0 Å². The van der Waals surface area contributed by atoms with Crippen molar-refractivity contribution >= 4 is 101 Å². The number of nitrogens with zero attached hydrogens (tertiary/aromatic N) is 8. The van der Waals surface area contributed by atoms with Crippen LogP contribution in [0.1, 0.15) is 182 Å². The van der Waals surface area contributed by atoms with Crippen molar-refractivity contribution < 1.29 is 18.9 Å². The smallest absolute Gasteiger partial charge is 0.119 e. The van der Waals surface area contributed by atoms with Crippen LogP contribution in [-0.4, -0.2) is 55.1 Å². The van der Waals surface area contributed by atoms with Crippen LogP contribution in [0, 0.1) is 0 Å². The summed E-state index contributed by atoms with van der Waals surface area (Å²) in [4.78, 5) is 25.9. The van der Waals surface area contributed by atoms with Crippen molar-refractivity contribution in [1.29, 1.82) is 0 Å². The van der Waals surface area contributed by atoms with Gasteiger partial charge in [-0.15, -0.1) is 0 Å². The van der Waals surface area contributed by atoms with Crippen molar-refractivity contribution in [3.63, 3.8) is 0 Å². The number of ether oxygens (including phenoxy) is 4. The highest BCUT2D eigenvalue weighted by Gasteiger charge is 2.26. The molecule has 0 bridgehead atoms. The van der Waals surface area contributed by atoms with E-state index in [0.29, 0.717) is 37.5 Å². The first-order valence-electron chi connectivity index (χ1n) is 37.2. The Morgan fingerprint density at radius 2 is 0.535 bits per heavy atom. The number of aromatic nitrogens is 6. The van der Waals surface area contributed by atoms with Gasteiger partial charge in [-0.25, -0.2) is 9.97 Å². The van der Waals surface area contributed by atoms with Gasteiger partial charge in [0.25, 0.3) is 0 Å². The second kappa shape index (κ2) is 36.0. The van der Waals surface area contributed by atoms with Crippen LogP contribution in [0.3, 0.4) is 0 Å². The van der Waals surface area contributed by atoms with Gasteiger partial charge in [0, 0.05) is 68.4 Å². The van der Waals surface area contributed by atoms with Crippen molar-refractivity contribution in [3.8, 4) is 45.3 Å². The summed E-state index contributed by atoms with van der Waals surface area (Å²) in [6, 6.07) is 59.6. The molecule has 4 aromatic heterocycles. The Bertz CT molecular complexity index is 4050. The maximum atomic E-state index is 6.31. The van der Waals surface area contributed by atoms with Crippen LogP contribution in [0.4, 0.5) is 34.1 Å². The number of rotatable bonds is 40. The first-order chi connectivity index (χ1) is 49.0. The van der Waals surface area contributed by atoms with Crippen LogP contribution < -0.4 is 28.7 Å². The lowest BCUT2D eigenvalue weighted by Crippen LogP contribution is -2.10. The largest absolute Gasteiger partial charge is 0.494 e. The minimum atomic E-state index is 0.706. The van der Waals surface area contributed by atoms with Crippen LogP contribution in [0.5, 0.6) is 23.0 Å². The van der Waals surface area contributed by atoms with E-state index < -0.39 is 0 Å². The number of hydrogen-bond acceptors (Lipinski definition) is 13. The van der Waals surface area contributed by atoms with Crippen molar-refractivity contribution in [2.24, 2.45) is 0 Å². The lowest BCUT2D eigenvalue weighted by Gasteiger charge is -2.26. The molecule has 12 nitrogen and oxygen atoms in total. The summed E-state index contributed by atoms with van der Waals surface area (Å²) >= 11 is 1.21. The van der Waals surface area contributed by atoms with E-state index in [4.69, 9.17) is 47.6 Å². The fourth-order valence-electron chi connectivity index (χ4n) is 13.5. The van der Waals surface area contributed by atoms with Crippen LogP contribution >= 0.6 is 11.7 Å². The molecular weight excluding hydrogens is 1240 g/mol. The molecule has 12 aromatic rings. The zero-order valence-electron chi connectivity index (χ0n) is 58.7. The van der Waals surface area contributed by atoms with Gasteiger partial charge in [0.1, 0.15) is 45.1 Å². The van der Waals surface area contributed by atoms with E-state index in [1.807, 2.05) is 24.5 Å². The van der Waals surface area contributed by atoms with E-state index in [1.165, 1.54) is 140 Å². The normalized spacial score (nSPS) is 11.6. The quantitative estimate of drug-likeness (QED) is 0.0206. The highest BCUT2D eigenvalue weighted by Crippen LogP contribution is 2.46. The SMILES string of the molecule is CCCCCCCCOc1ccc(N(c2ccc(OCCCCCCCC)cc2)c2ccc(-c3c4nsnc4c(-c4ccc(N(c5ccc(OCCCCCCCC)cc5)c5ccc(OCCCCCCCC)cc5)cc4)c4nc5c6cccnc6c6ncccc6c5nc34)cc2)cc1. The van der Waals surface area contributed by atoms with E-state index in [0.717, 1.165) is 149 Å². The average molecular weight is 1340 g/mol. The first kappa shape index (κ1) is 69.7. The average Bonchev–Trinajstić information content (AvgIpc) is 1.66. The van der Waals surface area contributed by atoms with Crippen molar-refractivity contribution in [3.05, 3.63) is 182 Å². The maximum Gasteiger partial charge on any atom is 0.119 e. The number of fused-ring (bicyclic) bond motifs is 8. The second-order valence-corrected chi connectivity index (χ2v) is 26.9. The Hall–Kier alpha value is -9.20. The van der Waals surface area contributed by atoms with Crippen LogP contribution in [0.25, 0.3) is 77.2 Å². The molecule has 512 valence electrons. The highest BCUT2D eigenvalue weighted by atomic mass is 32.1. The molecule has 12 rings (SSSR count). The minimum absolute atomic E-state index is 0.706. The molecule has 0 N–H and O–H groups in total. The number of hydrogen-bond donors (Lipinski definition) is 0. The number of anilines is 6. The molecular formula is C86H98N8O4S. The molecule has 0 radical (unpaired) electrons. The molecule has 0 aliphatic heterocycles. The Morgan fingerprint density at radius 3 is 0.818 bits per heavy atom. The number of benzene rings is 8. The summed E-state index contributed by atoms with van der Waals surface area (Å²) in [5, 5.41) is 1.75. The maximum absolute atomic E-state index is 6.31. The lowest BCUT2D eigenvalue weighted by atomic mass is 9.94. The topological polar surface area (TPSA) is 121 Å². The summed E-state index contributed by atoms with van der Waals surface area (Å²) in [5.41, 5.74) is 15.5. The predicted octanol–water partition coefficient (Wildman–Crippen LogP) is 25.1. The standard InChI is InChI=1S/C86H98N8O4S/c1-5-9-13-17-21-25-59-95-71-49-41-67(42-50-71)93(68-43-51-72(52-44-68)96-60-26-22-18-14-10-6-2)65-37-33-63(34-38-65)77-83-84(90-82-76-32-30-58-88-80(76)79-75(81(82)89-83)31-29-57-87-79)78(86-85(77)91-99-92-86)64-35-39-66(40-36-64)94(69-45-53-73(54-46-69)97-61-27-23-19-15-11-7-3)70-47-55-74(56-48-70)98-62-28-24-20-16-12-8-4/h29-58H,5-28,59-62H2,1-4H3. The fourth-order valence-corrected chi connectivity index (χ4v) is 14.1. The second-order valence-electron chi connectivity index (χ2n) is 26.3. The zero-order valence-corrected chi connectivity index (χ0v) is 59.6. The van der Waals surface area contributed by atoms with Crippen molar-refractivity contribution in [1.82, 2.24) is 28.7 Å². The molecule has 13 heteroatoms. The summed E-state index contributed by atoms with van der Waals surface area (Å²) in [7, 11) is 0. The molecule has 0 fully saturated rings. The van der Waals surface area contributed by atoms with Crippen molar-refractivity contribution in [2.45, 2.75) is 182 Å². The third kappa shape index (κ3) is 17.6. The first-order valence-corrected chi connectivity index (χ1v) is 37.9. The number of pyridine rings is 2. The van der Waals surface area contributed by atoms with Gasteiger partial charge in [0.05, 0.1) is 60.2 Å². The number of unbranched alkanes of at least 4 members (excludes halogenated alkanes) is 20. The summed E-state index contributed by atoms with van der Waals surface area (Å²) < 4.78 is 35.6. The van der Waals surface area contributed by atoms with Gasteiger partial charge in [-0.2, -0.15) is 8.75 Å². The van der Waals surface area contributed by atoms with Gasteiger partial charge in [-0.05, 0) is 182 Å². The van der Waals surface area contributed by atoms with Gasteiger partial charge in [-0.1, -0.05) is 180 Å². The Morgan fingerprint density at radius 1 is 0.273 bits per heavy atom. The molecule has 0 spiro atoms. The summed E-state index contributed by atoms with van der Waals surface area (Å²) in [6.07, 6.45) is 32.9. The van der Waals surface area contributed by atoms with Gasteiger partial charge >= 0.3 is 0 Å². The van der Waals surface area contributed by atoms with Crippen LogP contribution in [0.2, 0.25) is 0 Å². The summed E-state index contributed by atoms with van der Waals surface area (Å²) in [5.74, 6) is 3.47. The molecule has 0 unspecified atom stereocenters. The highest BCUT2D eigenvalue weighted by molar-refractivity contribution is 7.00. The van der Waals surface area contributed by atoms with Crippen molar-refractivity contribution in [2.75, 3.05) is 36.2 Å². The molecule has 0 saturated carbocycles. The van der Waals surface area contributed by atoms with Crippen LogP contribution in [0.15, 0.2) is 182 Å². The van der Waals surface area contributed by atoms with Gasteiger partial charge in [-0.3, -0.25) is 9.97 Å². The molecule has 4 heterocycles. The summed E-state index contributed by atoms with van der Waals surface area (Å²) in [6.45, 7) is 11.9. The molecule has 99 heavy (non-hydrogen) atoms. The lowest BCUT2D eigenvalue weighted by molar-refractivity contribution is 0.304. The zero-order chi connectivity index (χ0) is 67.8. The predicted molar refractivity (Wildman–Crippen MR) is 414 cm³/mol. The fraction of sp³-hybridized carbons (Fsp3) is 0.372. The molecule has 0 aliphatic rings. The van der Waals surface area contributed by atoms with E-state index in [1.54, 1.807) is 0 Å². The monoisotopic (exact) mass is 1340 g/mol. The Labute approximate surface area is 590 Å². The van der Waals surface area contributed by atoms with E-state index >= 15 is 0 Å². The molecule has 0 atom stereocenters. The van der Waals surface area contributed by atoms with E-state index in [2.05, 4.69) is 195 Å². The van der Waals surface area contributed by atoms with E-state index in [9.17, 15) is 0 Å². The molecule has 0 amide bonds. The third-order valence-electron chi connectivity index (χ3n) is 19.0. The van der Waals surface area contributed by atoms with E-state index in [-0.39, 0.29) is 0 Å².